The summed E-state index contributed by atoms with van der Waals surface area (Å²) in [6, 6.07) is 8.19. The lowest BCUT2D eigenvalue weighted by Crippen LogP contribution is -2.09. The molecule has 26 heavy (non-hydrogen) atoms. The lowest BCUT2D eigenvalue weighted by molar-refractivity contribution is -0.137. The highest BCUT2D eigenvalue weighted by Gasteiger charge is 2.32. The van der Waals surface area contributed by atoms with E-state index >= 15 is 0 Å². The first kappa shape index (κ1) is 19.1. The van der Waals surface area contributed by atoms with E-state index in [0.717, 1.165) is 33.4 Å². The van der Waals surface area contributed by atoms with Crippen molar-refractivity contribution < 1.29 is 13.2 Å². The topological polar surface area (TPSA) is 30.7 Å². The Morgan fingerprint density at radius 1 is 1.08 bits per heavy atom. The Morgan fingerprint density at radius 2 is 1.73 bits per heavy atom. The van der Waals surface area contributed by atoms with E-state index in [9.17, 15) is 13.2 Å². The van der Waals surface area contributed by atoms with Crippen LogP contribution in [0, 0.1) is 13.8 Å². The second-order valence-corrected chi connectivity index (χ2v) is 7.42. The number of halogens is 5. The van der Waals surface area contributed by atoms with Crippen LogP contribution in [0.4, 0.5) is 13.2 Å². The van der Waals surface area contributed by atoms with Gasteiger partial charge in [-0.3, -0.25) is 0 Å². The van der Waals surface area contributed by atoms with Crippen molar-refractivity contribution in [3.05, 3.63) is 63.5 Å². The number of nitrogens with zero attached hydrogens (tertiary/aromatic N) is 3. The molecule has 0 aliphatic heterocycles. The van der Waals surface area contributed by atoms with Crippen molar-refractivity contribution in [2.24, 2.45) is 0 Å². The van der Waals surface area contributed by atoms with E-state index in [4.69, 9.17) is 23.2 Å². The van der Waals surface area contributed by atoms with Gasteiger partial charge in [-0.1, -0.05) is 35.0 Å². The van der Waals surface area contributed by atoms with Gasteiger partial charge in [0.25, 0.3) is 0 Å². The molecule has 0 aliphatic rings. The molecular weight excluding hydrogens is 406 g/mol. The van der Waals surface area contributed by atoms with Crippen LogP contribution >= 0.6 is 35.0 Å². The summed E-state index contributed by atoms with van der Waals surface area (Å²) in [5.41, 5.74) is 0.556. The maximum Gasteiger partial charge on any atom is 0.417 e. The Morgan fingerprint density at radius 3 is 2.31 bits per heavy atom. The van der Waals surface area contributed by atoms with E-state index in [2.05, 4.69) is 10.1 Å². The van der Waals surface area contributed by atoms with E-state index in [-0.39, 0.29) is 10.8 Å². The monoisotopic (exact) mass is 417 g/mol. The van der Waals surface area contributed by atoms with Crippen LogP contribution in [0.5, 0.6) is 0 Å². The minimum atomic E-state index is -4.50. The lowest BCUT2D eigenvalue weighted by atomic mass is 10.3. The average molecular weight is 418 g/mol. The molecule has 2 aromatic heterocycles. The van der Waals surface area contributed by atoms with Gasteiger partial charge < -0.3 is 0 Å². The second kappa shape index (κ2) is 7.13. The summed E-state index contributed by atoms with van der Waals surface area (Å²) in [6.07, 6.45) is -3.75. The van der Waals surface area contributed by atoms with E-state index in [1.54, 1.807) is 12.1 Å². The van der Waals surface area contributed by atoms with Gasteiger partial charge in [0.15, 0.2) is 5.82 Å². The molecule has 0 bridgehead atoms. The number of aromatic nitrogens is 3. The molecule has 0 fully saturated rings. The summed E-state index contributed by atoms with van der Waals surface area (Å²) < 4.78 is 39.8. The zero-order chi connectivity index (χ0) is 19.1. The summed E-state index contributed by atoms with van der Waals surface area (Å²) in [4.78, 5) is 5.71. The fourth-order valence-corrected chi connectivity index (χ4v) is 3.65. The molecule has 0 spiro atoms. The first-order valence-electron chi connectivity index (χ1n) is 7.39. The number of rotatable bonds is 3. The van der Waals surface area contributed by atoms with Crippen molar-refractivity contribution in [3.8, 4) is 5.82 Å². The van der Waals surface area contributed by atoms with Crippen molar-refractivity contribution in [2.75, 3.05) is 0 Å². The van der Waals surface area contributed by atoms with Crippen LogP contribution in [-0.4, -0.2) is 14.8 Å². The first-order chi connectivity index (χ1) is 12.2. The van der Waals surface area contributed by atoms with Gasteiger partial charge in [-0.05, 0) is 44.2 Å². The number of aryl methyl sites for hydroxylation is 1. The summed E-state index contributed by atoms with van der Waals surface area (Å²) in [6.45, 7) is 3.63. The summed E-state index contributed by atoms with van der Waals surface area (Å²) in [5, 5.41) is 4.91. The minimum absolute atomic E-state index is 0.117. The third-order valence-corrected chi connectivity index (χ3v) is 5.44. The molecule has 0 N–H and O–H groups in total. The van der Waals surface area contributed by atoms with Crippen LogP contribution < -0.4 is 0 Å². The highest BCUT2D eigenvalue weighted by Crippen LogP contribution is 2.36. The Labute approximate surface area is 162 Å². The van der Waals surface area contributed by atoms with Crippen molar-refractivity contribution in [3.63, 3.8) is 0 Å². The van der Waals surface area contributed by atoms with Gasteiger partial charge in [0.05, 0.1) is 26.9 Å². The lowest BCUT2D eigenvalue weighted by Gasteiger charge is -2.10. The quantitative estimate of drug-likeness (QED) is 0.496. The molecule has 3 aromatic rings. The van der Waals surface area contributed by atoms with Gasteiger partial charge in [-0.25, -0.2) is 9.67 Å². The largest absolute Gasteiger partial charge is 0.417 e. The molecule has 0 radical (unpaired) electrons. The van der Waals surface area contributed by atoms with Crippen LogP contribution in [0.15, 0.2) is 46.3 Å². The molecule has 9 heteroatoms. The summed E-state index contributed by atoms with van der Waals surface area (Å²) in [7, 11) is 0. The predicted octanol–water partition coefficient (Wildman–Crippen LogP) is 6.36. The predicted molar refractivity (Wildman–Crippen MR) is 96.4 cm³/mol. The van der Waals surface area contributed by atoms with Crippen molar-refractivity contribution >= 4 is 35.0 Å². The van der Waals surface area contributed by atoms with Gasteiger partial charge >= 0.3 is 6.18 Å². The molecule has 0 saturated carbocycles. The van der Waals surface area contributed by atoms with Gasteiger partial charge in [0.2, 0.25) is 0 Å². The van der Waals surface area contributed by atoms with Crippen LogP contribution in [-0.2, 0) is 6.18 Å². The average Bonchev–Trinajstić information content (AvgIpc) is 2.84. The molecule has 1 aromatic carbocycles. The van der Waals surface area contributed by atoms with Crippen molar-refractivity contribution in [1.29, 1.82) is 0 Å². The molecule has 0 saturated heterocycles. The number of benzene rings is 1. The molecular formula is C17H12Cl2F3N3S. The Hall–Kier alpha value is -1.70. The zero-order valence-electron chi connectivity index (χ0n) is 13.6. The minimum Gasteiger partial charge on any atom is -0.235 e. The summed E-state index contributed by atoms with van der Waals surface area (Å²) >= 11 is 13.4. The number of pyridine rings is 1. The SMILES string of the molecule is Cc1nn(-c2ncc(C(F)(F)F)cc2Cl)c(C)c1Sc1ccc(Cl)cc1. The van der Waals surface area contributed by atoms with Crippen molar-refractivity contribution in [1.82, 2.24) is 14.8 Å². The third-order valence-electron chi connectivity index (χ3n) is 3.61. The van der Waals surface area contributed by atoms with E-state index < -0.39 is 11.7 Å². The van der Waals surface area contributed by atoms with Crippen LogP contribution in [0.2, 0.25) is 10.0 Å². The molecule has 0 aliphatic carbocycles. The van der Waals surface area contributed by atoms with Crippen molar-refractivity contribution in [2.45, 2.75) is 29.8 Å². The third kappa shape index (κ3) is 3.84. The van der Waals surface area contributed by atoms with E-state index in [0.29, 0.717) is 5.02 Å². The smallest absolute Gasteiger partial charge is 0.235 e. The van der Waals surface area contributed by atoms with E-state index in [1.165, 1.54) is 16.4 Å². The molecule has 3 nitrogen and oxygen atoms in total. The van der Waals surface area contributed by atoms with E-state index in [1.807, 2.05) is 26.0 Å². The number of hydrogen-bond acceptors (Lipinski definition) is 3. The fourth-order valence-electron chi connectivity index (χ4n) is 2.34. The fraction of sp³-hybridized carbons (Fsp3) is 0.176. The molecule has 136 valence electrons. The molecule has 0 amide bonds. The maximum atomic E-state index is 12.8. The van der Waals surface area contributed by atoms with Gasteiger partial charge in [0, 0.05) is 16.1 Å². The van der Waals surface area contributed by atoms with Gasteiger partial charge in [-0.2, -0.15) is 18.3 Å². The standard InChI is InChI=1S/C17H12Cl2F3N3S/c1-9-15(26-13-5-3-12(18)4-6-13)10(2)25(24-9)16-14(19)7-11(8-23-16)17(20,21)22/h3-8H,1-2H3. The summed E-state index contributed by atoms with van der Waals surface area (Å²) in [5.74, 6) is 0.156. The maximum absolute atomic E-state index is 12.8. The van der Waals surface area contributed by atoms with Gasteiger partial charge in [0.1, 0.15) is 0 Å². The number of alkyl halides is 3. The zero-order valence-corrected chi connectivity index (χ0v) is 15.9. The molecule has 2 heterocycles. The molecule has 3 rings (SSSR count). The van der Waals surface area contributed by atoms with Crippen LogP contribution in [0.3, 0.4) is 0 Å². The van der Waals surface area contributed by atoms with Gasteiger partial charge in [-0.15, -0.1) is 0 Å². The Kier molecular flexibility index (Phi) is 5.23. The molecule has 0 atom stereocenters. The Balaban J connectivity index is 1.99. The van der Waals surface area contributed by atoms with Crippen LogP contribution in [0.25, 0.3) is 5.82 Å². The first-order valence-corrected chi connectivity index (χ1v) is 8.97. The highest BCUT2D eigenvalue weighted by molar-refractivity contribution is 7.99. The molecule has 0 unspecified atom stereocenters. The number of hydrogen-bond donors (Lipinski definition) is 0. The highest BCUT2D eigenvalue weighted by atomic mass is 35.5. The van der Waals surface area contributed by atoms with Crippen LogP contribution in [0.1, 0.15) is 17.0 Å². The Bertz CT molecular complexity index is 953. The second-order valence-electron chi connectivity index (χ2n) is 5.49. The normalized spacial score (nSPS) is 11.8.